The van der Waals surface area contributed by atoms with Crippen molar-refractivity contribution in [2.75, 3.05) is 23.5 Å². The molecular formula is C33H28N4O. The first kappa shape index (κ1) is 23.4. The van der Waals surface area contributed by atoms with Gasteiger partial charge in [-0.1, -0.05) is 60.7 Å². The monoisotopic (exact) mass is 496 g/mol. The van der Waals surface area contributed by atoms with Gasteiger partial charge in [0.2, 0.25) is 0 Å². The van der Waals surface area contributed by atoms with Crippen LogP contribution < -0.4 is 14.5 Å². The summed E-state index contributed by atoms with van der Waals surface area (Å²) in [5.41, 5.74) is 5.40. The summed E-state index contributed by atoms with van der Waals surface area (Å²) in [5.74, 6) is 2.38. The Kier molecular flexibility index (Phi) is 6.48. The standard InChI is InChI=1S/C33H28N4O/c1-35-20-21-36(25-35)28-13-8-16-31(23-28)38-32-17-9-15-30(24-32)37(33-18-5-6-19-34-33)29-14-7-12-27(22-29)26-10-3-2-4-11-26/h2-24H,25H2,1H3. The molecule has 0 saturated heterocycles. The van der Waals surface area contributed by atoms with Crippen molar-refractivity contribution < 1.29 is 4.74 Å². The van der Waals surface area contributed by atoms with Gasteiger partial charge in [0.1, 0.15) is 17.3 Å². The molecule has 0 fully saturated rings. The number of hydrogen-bond donors (Lipinski definition) is 0. The molecule has 1 aromatic heterocycles. The van der Waals surface area contributed by atoms with E-state index in [0.717, 1.165) is 46.6 Å². The lowest BCUT2D eigenvalue weighted by Gasteiger charge is -2.25. The minimum atomic E-state index is 0.758. The molecule has 5 heteroatoms. The SMILES string of the molecule is CN1C=CN(c2cccc(Oc3cccc(N(c4cccc(-c5ccccc5)c4)c4ccccn4)c3)c2)C1. The Morgan fingerprint density at radius 3 is 2.13 bits per heavy atom. The molecule has 5 aromatic rings. The van der Waals surface area contributed by atoms with Gasteiger partial charge in [-0.05, 0) is 59.7 Å². The Morgan fingerprint density at radius 2 is 1.37 bits per heavy atom. The van der Waals surface area contributed by atoms with Crippen molar-refractivity contribution in [2.45, 2.75) is 0 Å². The van der Waals surface area contributed by atoms with Gasteiger partial charge in [-0.15, -0.1) is 0 Å². The smallest absolute Gasteiger partial charge is 0.137 e. The lowest BCUT2D eigenvalue weighted by molar-refractivity contribution is 0.481. The number of aromatic nitrogens is 1. The third-order valence-corrected chi connectivity index (χ3v) is 6.43. The van der Waals surface area contributed by atoms with Gasteiger partial charge in [0.15, 0.2) is 0 Å². The molecule has 4 aromatic carbocycles. The van der Waals surface area contributed by atoms with E-state index in [-0.39, 0.29) is 0 Å². The summed E-state index contributed by atoms with van der Waals surface area (Å²) in [6.07, 6.45) is 5.96. The van der Waals surface area contributed by atoms with Gasteiger partial charge in [0.05, 0.1) is 12.4 Å². The van der Waals surface area contributed by atoms with Gasteiger partial charge < -0.3 is 14.5 Å². The third-order valence-electron chi connectivity index (χ3n) is 6.43. The van der Waals surface area contributed by atoms with Crippen LogP contribution in [0.2, 0.25) is 0 Å². The zero-order valence-corrected chi connectivity index (χ0v) is 21.2. The lowest BCUT2D eigenvalue weighted by Crippen LogP contribution is -2.21. The summed E-state index contributed by atoms with van der Waals surface area (Å²) >= 11 is 0. The maximum atomic E-state index is 6.35. The van der Waals surface area contributed by atoms with Crippen LogP contribution in [0.4, 0.5) is 22.9 Å². The van der Waals surface area contributed by atoms with Crippen LogP contribution in [-0.4, -0.2) is 23.6 Å². The molecule has 5 nitrogen and oxygen atoms in total. The maximum Gasteiger partial charge on any atom is 0.137 e. The second-order valence-electron chi connectivity index (χ2n) is 9.20. The Balaban J connectivity index is 1.34. The van der Waals surface area contributed by atoms with Crippen molar-refractivity contribution in [1.82, 2.24) is 9.88 Å². The van der Waals surface area contributed by atoms with E-state index in [4.69, 9.17) is 4.74 Å². The van der Waals surface area contributed by atoms with Crippen LogP contribution in [0.25, 0.3) is 11.1 Å². The molecule has 0 aliphatic carbocycles. The Bertz CT molecular complexity index is 1550. The van der Waals surface area contributed by atoms with Gasteiger partial charge in [-0.3, -0.25) is 4.90 Å². The van der Waals surface area contributed by atoms with E-state index in [1.165, 1.54) is 5.56 Å². The largest absolute Gasteiger partial charge is 0.457 e. The van der Waals surface area contributed by atoms with Crippen molar-refractivity contribution in [3.8, 4) is 22.6 Å². The van der Waals surface area contributed by atoms with E-state index in [2.05, 4.69) is 112 Å². The molecule has 1 aliphatic rings. The number of hydrogen-bond acceptors (Lipinski definition) is 5. The fourth-order valence-corrected chi connectivity index (χ4v) is 4.60. The van der Waals surface area contributed by atoms with Crippen molar-refractivity contribution in [2.24, 2.45) is 0 Å². The van der Waals surface area contributed by atoms with E-state index in [0.29, 0.717) is 0 Å². The molecule has 0 spiro atoms. The molecule has 38 heavy (non-hydrogen) atoms. The molecule has 0 N–H and O–H groups in total. The Labute approximate surface area is 223 Å². The van der Waals surface area contributed by atoms with Crippen LogP contribution >= 0.6 is 0 Å². The molecule has 0 radical (unpaired) electrons. The highest BCUT2D eigenvalue weighted by atomic mass is 16.5. The van der Waals surface area contributed by atoms with Gasteiger partial charge in [-0.2, -0.15) is 0 Å². The minimum Gasteiger partial charge on any atom is -0.457 e. The summed E-state index contributed by atoms with van der Waals surface area (Å²) in [6.45, 7) is 0.819. The average molecular weight is 497 g/mol. The lowest BCUT2D eigenvalue weighted by atomic mass is 10.0. The topological polar surface area (TPSA) is 31.8 Å². The van der Waals surface area contributed by atoms with Crippen LogP contribution in [0.5, 0.6) is 11.5 Å². The Hall–Kier alpha value is -5.03. The molecule has 2 heterocycles. The predicted molar refractivity (Wildman–Crippen MR) is 155 cm³/mol. The van der Waals surface area contributed by atoms with Crippen LogP contribution in [0.1, 0.15) is 0 Å². The van der Waals surface area contributed by atoms with Crippen molar-refractivity contribution in [1.29, 1.82) is 0 Å². The summed E-state index contributed by atoms with van der Waals surface area (Å²) in [5, 5.41) is 0. The highest BCUT2D eigenvalue weighted by Gasteiger charge is 2.16. The summed E-state index contributed by atoms with van der Waals surface area (Å²) in [7, 11) is 2.06. The fraction of sp³-hybridized carbons (Fsp3) is 0.0606. The number of ether oxygens (including phenoxy) is 1. The minimum absolute atomic E-state index is 0.758. The van der Waals surface area contributed by atoms with Crippen molar-refractivity contribution in [3.05, 3.63) is 140 Å². The van der Waals surface area contributed by atoms with Crippen LogP contribution in [0.3, 0.4) is 0 Å². The molecular weight excluding hydrogens is 468 g/mol. The number of pyridine rings is 1. The third kappa shape index (κ3) is 5.08. The summed E-state index contributed by atoms with van der Waals surface area (Å²) in [6, 6.07) is 41.2. The zero-order valence-electron chi connectivity index (χ0n) is 21.2. The zero-order chi connectivity index (χ0) is 25.7. The predicted octanol–water partition coefficient (Wildman–Crippen LogP) is 8.19. The number of anilines is 4. The molecule has 1 aliphatic heterocycles. The number of nitrogens with zero attached hydrogens (tertiary/aromatic N) is 4. The molecule has 0 bridgehead atoms. The number of rotatable bonds is 7. The van der Waals surface area contributed by atoms with Gasteiger partial charge in [-0.25, -0.2) is 4.98 Å². The normalized spacial score (nSPS) is 12.6. The van der Waals surface area contributed by atoms with E-state index in [1.54, 1.807) is 0 Å². The summed E-state index contributed by atoms with van der Waals surface area (Å²) in [4.78, 5) is 11.2. The van der Waals surface area contributed by atoms with Crippen molar-refractivity contribution >= 4 is 22.9 Å². The maximum absolute atomic E-state index is 6.35. The highest BCUT2D eigenvalue weighted by molar-refractivity contribution is 5.79. The van der Waals surface area contributed by atoms with Crippen LogP contribution in [0.15, 0.2) is 140 Å². The molecule has 186 valence electrons. The van der Waals surface area contributed by atoms with E-state index in [9.17, 15) is 0 Å². The van der Waals surface area contributed by atoms with Gasteiger partial charge in [0.25, 0.3) is 0 Å². The quantitative estimate of drug-likeness (QED) is 0.227. The van der Waals surface area contributed by atoms with Crippen molar-refractivity contribution in [3.63, 3.8) is 0 Å². The molecule has 0 saturated carbocycles. The Morgan fingerprint density at radius 1 is 0.658 bits per heavy atom. The first-order valence-corrected chi connectivity index (χ1v) is 12.6. The van der Waals surface area contributed by atoms with E-state index < -0.39 is 0 Å². The van der Waals surface area contributed by atoms with Crippen LogP contribution in [0, 0.1) is 0 Å². The second kappa shape index (κ2) is 10.5. The van der Waals surface area contributed by atoms with E-state index in [1.807, 2.05) is 54.7 Å². The van der Waals surface area contributed by atoms with Gasteiger partial charge in [0, 0.05) is 49.2 Å². The first-order chi connectivity index (χ1) is 18.7. The highest BCUT2D eigenvalue weighted by Crippen LogP contribution is 2.37. The first-order valence-electron chi connectivity index (χ1n) is 12.6. The second-order valence-corrected chi connectivity index (χ2v) is 9.20. The fourth-order valence-electron chi connectivity index (χ4n) is 4.60. The average Bonchev–Trinajstić information content (AvgIpc) is 3.41. The molecule has 0 unspecified atom stereocenters. The van der Waals surface area contributed by atoms with Crippen LogP contribution in [-0.2, 0) is 0 Å². The number of benzene rings is 4. The molecule has 0 amide bonds. The summed E-state index contributed by atoms with van der Waals surface area (Å²) < 4.78 is 6.35. The molecule has 6 rings (SSSR count). The van der Waals surface area contributed by atoms with E-state index >= 15 is 0 Å². The van der Waals surface area contributed by atoms with Gasteiger partial charge >= 0.3 is 0 Å². The molecule has 0 atom stereocenters.